The summed E-state index contributed by atoms with van der Waals surface area (Å²) in [7, 11) is 0. The standard InChI is InChI=1S/C28H29N3O5S2/c1-3-35-28(34)24-16-7-4-5-10-21(16)38-27(24)31-22(33)14-37-26-17(13-29)23(20-12-11-15(2)36-20)25-18(30-26)8-6-9-19(25)32/h11-12,23,30H,3-10,14H2,1-2H3,(H,31,33). The van der Waals surface area contributed by atoms with Crippen LogP contribution in [0.1, 0.15) is 77.3 Å². The normalized spacial score (nSPS) is 18.9. The molecule has 8 nitrogen and oxygen atoms in total. The minimum atomic E-state index is -0.595. The van der Waals surface area contributed by atoms with Crippen LogP contribution in [-0.4, -0.2) is 30.0 Å². The third-order valence-corrected chi connectivity index (χ3v) is 9.18. The molecule has 3 heterocycles. The number of fused-ring (bicyclic) bond motifs is 1. The van der Waals surface area contributed by atoms with Crippen LogP contribution in [0.25, 0.3) is 0 Å². The van der Waals surface area contributed by atoms with E-state index in [9.17, 15) is 19.6 Å². The van der Waals surface area contributed by atoms with E-state index in [1.807, 2.05) is 13.0 Å². The Kier molecular flexibility index (Phi) is 7.77. The summed E-state index contributed by atoms with van der Waals surface area (Å²) in [6.07, 6.45) is 5.62. The minimum Gasteiger partial charge on any atom is -0.465 e. The zero-order chi connectivity index (χ0) is 26.8. The molecule has 2 aliphatic carbocycles. The van der Waals surface area contributed by atoms with Gasteiger partial charge in [0.1, 0.15) is 16.5 Å². The highest BCUT2D eigenvalue weighted by Crippen LogP contribution is 2.44. The van der Waals surface area contributed by atoms with Crippen molar-refractivity contribution in [2.24, 2.45) is 0 Å². The van der Waals surface area contributed by atoms with Gasteiger partial charge in [0.2, 0.25) is 5.91 Å². The first-order chi connectivity index (χ1) is 18.4. The number of amides is 1. The van der Waals surface area contributed by atoms with Gasteiger partial charge in [-0.15, -0.1) is 11.3 Å². The van der Waals surface area contributed by atoms with Gasteiger partial charge < -0.3 is 19.8 Å². The monoisotopic (exact) mass is 551 g/mol. The molecule has 0 spiro atoms. The average molecular weight is 552 g/mol. The van der Waals surface area contributed by atoms with E-state index in [0.29, 0.717) is 51.1 Å². The second-order valence-electron chi connectivity index (χ2n) is 9.50. The van der Waals surface area contributed by atoms with Gasteiger partial charge in [-0.05, 0) is 70.1 Å². The molecule has 10 heteroatoms. The van der Waals surface area contributed by atoms with Gasteiger partial charge in [-0.1, -0.05) is 11.8 Å². The number of allylic oxidation sites excluding steroid dienone is 3. The Morgan fingerprint density at radius 2 is 2.05 bits per heavy atom. The number of nitriles is 1. The number of thioether (sulfide) groups is 1. The van der Waals surface area contributed by atoms with Crippen molar-refractivity contribution in [3.63, 3.8) is 0 Å². The summed E-state index contributed by atoms with van der Waals surface area (Å²) < 4.78 is 11.2. The summed E-state index contributed by atoms with van der Waals surface area (Å²) in [5.41, 5.74) is 3.20. The number of carbonyl (C=O) groups excluding carboxylic acids is 3. The van der Waals surface area contributed by atoms with Crippen molar-refractivity contribution in [3.05, 3.63) is 61.5 Å². The van der Waals surface area contributed by atoms with E-state index in [1.165, 1.54) is 23.1 Å². The molecule has 1 atom stereocenters. The predicted molar refractivity (Wildman–Crippen MR) is 146 cm³/mol. The first-order valence-corrected chi connectivity index (χ1v) is 14.7. The summed E-state index contributed by atoms with van der Waals surface area (Å²) in [4.78, 5) is 39.8. The molecule has 0 saturated carbocycles. The van der Waals surface area contributed by atoms with Gasteiger partial charge in [0.25, 0.3) is 0 Å². The summed E-state index contributed by atoms with van der Waals surface area (Å²) in [6, 6.07) is 5.90. The van der Waals surface area contributed by atoms with Crippen molar-refractivity contribution >= 4 is 45.8 Å². The number of carbonyl (C=O) groups is 3. The van der Waals surface area contributed by atoms with Crippen LogP contribution in [0.4, 0.5) is 5.00 Å². The van der Waals surface area contributed by atoms with E-state index in [0.717, 1.165) is 48.2 Å². The number of rotatable bonds is 7. The second kappa shape index (κ2) is 11.2. The molecule has 2 aromatic heterocycles. The number of furan rings is 1. The first kappa shape index (κ1) is 26.3. The van der Waals surface area contributed by atoms with Crippen molar-refractivity contribution in [2.45, 2.75) is 64.7 Å². The fraction of sp³-hybridized carbons (Fsp3) is 0.429. The summed E-state index contributed by atoms with van der Waals surface area (Å²) in [6.45, 7) is 3.85. The van der Waals surface area contributed by atoms with Crippen molar-refractivity contribution in [2.75, 3.05) is 17.7 Å². The van der Waals surface area contributed by atoms with Gasteiger partial charge in [-0.25, -0.2) is 4.79 Å². The van der Waals surface area contributed by atoms with Gasteiger partial charge in [0.05, 0.1) is 40.5 Å². The lowest BCUT2D eigenvalue weighted by molar-refractivity contribution is -0.116. The molecule has 2 aromatic rings. The molecule has 5 rings (SSSR count). The highest BCUT2D eigenvalue weighted by Gasteiger charge is 2.39. The summed E-state index contributed by atoms with van der Waals surface area (Å²) in [5, 5.41) is 17.4. The molecule has 0 aromatic carbocycles. The third kappa shape index (κ3) is 5.05. The van der Waals surface area contributed by atoms with E-state index in [1.54, 1.807) is 13.0 Å². The molecule has 38 heavy (non-hydrogen) atoms. The predicted octanol–water partition coefficient (Wildman–Crippen LogP) is 5.51. The van der Waals surface area contributed by atoms with Gasteiger partial charge in [0.15, 0.2) is 5.78 Å². The molecule has 1 unspecified atom stereocenters. The Morgan fingerprint density at radius 1 is 1.24 bits per heavy atom. The number of esters is 1. The van der Waals surface area contributed by atoms with Gasteiger partial charge in [0, 0.05) is 22.6 Å². The van der Waals surface area contributed by atoms with Gasteiger partial charge in [-0.2, -0.15) is 5.26 Å². The Morgan fingerprint density at radius 3 is 2.79 bits per heavy atom. The number of nitrogens with zero attached hydrogens (tertiary/aromatic N) is 1. The number of thiophene rings is 1. The maximum atomic E-state index is 13.1. The van der Waals surface area contributed by atoms with Crippen LogP contribution in [0.3, 0.4) is 0 Å². The number of Topliss-reactive ketones (excluding diaryl/α,β-unsaturated/α-hetero) is 1. The fourth-order valence-corrected chi connectivity index (χ4v) is 7.46. The molecule has 0 radical (unpaired) electrons. The van der Waals surface area contributed by atoms with Crippen LogP contribution in [0, 0.1) is 18.3 Å². The van der Waals surface area contributed by atoms with Crippen LogP contribution in [0.5, 0.6) is 0 Å². The molecular formula is C28H29N3O5S2. The second-order valence-corrected chi connectivity index (χ2v) is 11.6. The number of hydrogen-bond donors (Lipinski definition) is 2. The van der Waals surface area contributed by atoms with E-state index >= 15 is 0 Å². The molecule has 0 saturated heterocycles. The van der Waals surface area contributed by atoms with Crippen LogP contribution in [-0.2, 0) is 27.2 Å². The zero-order valence-electron chi connectivity index (χ0n) is 21.4. The maximum Gasteiger partial charge on any atom is 0.341 e. The van der Waals surface area contributed by atoms with E-state index in [4.69, 9.17) is 9.15 Å². The molecule has 1 aliphatic heterocycles. The van der Waals surface area contributed by atoms with Gasteiger partial charge >= 0.3 is 5.97 Å². The smallest absolute Gasteiger partial charge is 0.341 e. The van der Waals surface area contributed by atoms with Crippen molar-refractivity contribution in [1.82, 2.24) is 5.32 Å². The van der Waals surface area contributed by atoms with Crippen LogP contribution in [0.15, 0.2) is 38.4 Å². The molecular weight excluding hydrogens is 522 g/mol. The highest BCUT2D eigenvalue weighted by molar-refractivity contribution is 8.03. The quantitative estimate of drug-likeness (QED) is 0.432. The number of ether oxygens (including phenoxy) is 1. The fourth-order valence-electron chi connectivity index (χ4n) is 5.30. The number of nitrogens with one attached hydrogen (secondary N) is 2. The van der Waals surface area contributed by atoms with Crippen molar-refractivity contribution < 1.29 is 23.5 Å². The zero-order valence-corrected chi connectivity index (χ0v) is 23.0. The van der Waals surface area contributed by atoms with Crippen molar-refractivity contribution in [3.8, 4) is 6.07 Å². The van der Waals surface area contributed by atoms with Crippen LogP contribution >= 0.6 is 23.1 Å². The Labute approximate surface area is 229 Å². The SMILES string of the molecule is CCOC(=O)c1c(NC(=O)CSC2=C(C#N)C(c3ccc(C)o3)C3=C(CCCC3=O)N2)sc2c1CCCC2. The summed E-state index contributed by atoms with van der Waals surface area (Å²) in [5.74, 6) is 0.00819. The molecule has 198 valence electrons. The molecule has 2 N–H and O–H groups in total. The highest BCUT2D eigenvalue weighted by atomic mass is 32.2. The number of dihydropyridines is 1. The Hall–Kier alpha value is -3.29. The van der Waals surface area contributed by atoms with E-state index in [2.05, 4.69) is 16.7 Å². The lowest BCUT2D eigenvalue weighted by Gasteiger charge is -2.32. The van der Waals surface area contributed by atoms with Crippen molar-refractivity contribution in [1.29, 1.82) is 5.26 Å². The summed E-state index contributed by atoms with van der Waals surface area (Å²) >= 11 is 2.66. The first-order valence-electron chi connectivity index (χ1n) is 12.9. The van der Waals surface area contributed by atoms with Crippen LogP contribution < -0.4 is 10.6 Å². The van der Waals surface area contributed by atoms with E-state index in [-0.39, 0.29) is 24.1 Å². The molecule has 0 bridgehead atoms. The number of hydrogen-bond acceptors (Lipinski definition) is 9. The average Bonchev–Trinajstić information content (AvgIpc) is 3.49. The van der Waals surface area contributed by atoms with E-state index < -0.39 is 11.9 Å². The number of anilines is 1. The maximum absolute atomic E-state index is 13.1. The minimum absolute atomic E-state index is 0.0144. The molecule has 3 aliphatic rings. The molecule has 0 fully saturated rings. The third-order valence-electron chi connectivity index (χ3n) is 6.96. The lowest BCUT2D eigenvalue weighted by atomic mass is 9.79. The Balaban J connectivity index is 1.38. The van der Waals surface area contributed by atoms with Gasteiger partial charge in [-0.3, -0.25) is 9.59 Å². The molecule has 1 amide bonds. The number of ketones is 1. The number of aryl methyl sites for hydroxylation is 2. The van der Waals surface area contributed by atoms with Crippen LogP contribution in [0.2, 0.25) is 0 Å². The lowest BCUT2D eigenvalue weighted by Crippen LogP contribution is -2.31. The Bertz CT molecular complexity index is 1410. The largest absolute Gasteiger partial charge is 0.465 e. The topological polar surface area (TPSA) is 121 Å².